The Labute approximate surface area is 103 Å². The van der Waals surface area contributed by atoms with Gasteiger partial charge >= 0.3 is 6.18 Å². The second kappa shape index (κ2) is 6.35. The van der Waals surface area contributed by atoms with E-state index in [1.165, 1.54) is 11.3 Å². The van der Waals surface area contributed by atoms with Crippen LogP contribution in [0, 0.1) is 0 Å². The maximum atomic E-state index is 12.1. The summed E-state index contributed by atoms with van der Waals surface area (Å²) < 4.78 is 36.3. The third-order valence-corrected chi connectivity index (χ3v) is 3.47. The van der Waals surface area contributed by atoms with Crippen LogP contribution in [-0.4, -0.2) is 17.7 Å². The number of hydrogen-bond acceptors (Lipinski definition) is 3. The third-order valence-electron chi connectivity index (χ3n) is 2.32. The first-order valence-electron chi connectivity index (χ1n) is 5.71. The molecule has 1 aromatic heterocycles. The predicted octanol–water partition coefficient (Wildman–Crippen LogP) is 3.31. The molecule has 1 N–H and O–H groups in total. The van der Waals surface area contributed by atoms with Gasteiger partial charge in [-0.3, -0.25) is 0 Å². The van der Waals surface area contributed by atoms with Gasteiger partial charge in [0.2, 0.25) is 0 Å². The lowest BCUT2D eigenvalue weighted by molar-refractivity contribution is -0.134. The van der Waals surface area contributed by atoms with Gasteiger partial charge in [0.05, 0.1) is 10.7 Å². The van der Waals surface area contributed by atoms with Crippen molar-refractivity contribution < 1.29 is 13.2 Å². The summed E-state index contributed by atoms with van der Waals surface area (Å²) in [6.45, 7) is 5.51. The highest BCUT2D eigenvalue weighted by Crippen LogP contribution is 2.25. The van der Waals surface area contributed by atoms with E-state index in [2.05, 4.69) is 10.3 Å². The van der Waals surface area contributed by atoms with E-state index in [-0.39, 0.29) is 6.42 Å². The lowest BCUT2D eigenvalue weighted by Gasteiger charge is -2.02. The van der Waals surface area contributed by atoms with Crippen molar-refractivity contribution in [1.82, 2.24) is 10.3 Å². The third kappa shape index (κ3) is 5.04. The standard InChI is InChI=1S/C11H17F3N2S/c1-3-8-9(7-15-4-2)17-10(16-8)5-6-11(12,13)14/h15H,3-7H2,1-2H3. The topological polar surface area (TPSA) is 24.9 Å². The maximum absolute atomic E-state index is 12.1. The molecular formula is C11H17F3N2S. The van der Waals surface area contributed by atoms with E-state index in [1.807, 2.05) is 13.8 Å². The van der Waals surface area contributed by atoms with E-state index in [4.69, 9.17) is 0 Å². The van der Waals surface area contributed by atoms with Gasteiger partial charge in [-0.15, -0.1) is 11.3 Å². The minimum absolute atomic E-state index is 0.00666. The lowest BCUT2D eigenvalue weighted by atomic mass is 10.3. The quantitative estimate of drug-likeness (QED) is 0.854. The Morgan fingerprint density at radius 3 is 2.53 bits per heavy atom. The molecule has 0 saturated carbocycles. The molecule has 0 aliphatic heterocycles. The number of thiazole rings is 1. The van der Waals surface area contributed by atoms with Crippen molar-refractivity contribution in [1.29, 1.82) is 0 Å². The van der Waals surface area contributed by atoms with Crippen LogP contribution in [0.15, 0.2) is 0 Å². The Morgan fingerprint density at radius 2 is 2.00 bits per heavy atom. The molecule has 2 nitrogen and oxygen atoms in total. The van der Waals surface area contributed by atoms with Crippen LogP contribution >= 0.6 is 11.3 Å². The number of alkyl halides is 3. The van der Waals surface area contributed by atoms with Crippen molar-refractivity contribution >= 4 is 11.3 Å². The van der Waals surface area contributed by atoms with E-state index in [0.29, 0.717) is 11.6 Å². The van der Waals surface area contributed by atoms with E-state index in [1.54, 1.807) is 0 Å². The number of hydrogen-bond donors (Lipinski definition) is 1. The number of nitrogens with zero attached hydrogens (tertiary/aromatic N) is 1. The summed E-state index contributed by atoms with van der Waals surface area (Å²) in [7, 11) is 0. The highest BCUT2D eigenvalue weighted by atomic mass is 32.1. The Bertz CT molecular complexity index is 347. The molecule has 6 heteroatoms. The molecule has 0 unspecified atom stereocenters. The predicted molar refractivity (Wildman–Crippen MR) is 63.2 cm³/mol. The number of rotatable bonds is 6. The average Bonchev–Trinajstić information content (AvgIpc) is 2.65. The molecule has 0 radical (unpaired) electrons. The number of nitrogens with one attached hydrogen (secondary N) is 1. The summed E-state index contributed by atoms with van der Waals surface area (Å²) in [6, 6.07) is 0. The molecule has 0 atom stereocenters. The minimum atomic E-state index is -4.10. The van der Waals surface area contributed by atoms with Crippen molar-refractivity contribution in [2.75, 3.05) is 6.54 Å². The van der Waals surface area contributed by atoms with Gasteiger partial charge in [0.15, 0.2) is 0 Å². The van der Waals surface area contributed by atoms with Gasteiger partial charge in [-0.2, -0.15) is 13.2 Å². The van der Waals surface area contributed by atoms with Crippen LogP contribution in [-0.2, 0) is 19.4 Å². The molecular weight excluding hydrogens is 249 g/mol. The summed E-state index contributed by atoms with van der Waals surface area (Å²) in [4.78, 5) is 5.32. The van der Waals surface area contributed by atoms with Crippen LogP contribution in [0.4, 0.5) is 13.2 Å². The normalized spacial score (nSPS) is 12.1. The summed E-state index contributed by atoms with van der Waals surface area (Å²) in [5, 5.41) is 3.76. The summed E-state index contributed by atoms with van der Waals surface area (Å²) in [5.74, 6) is 0. The molecule has 0 spiro atoms. The van der Waals surface area contributed by atoms with E-state index in [9.17, 15) is 13.2 Å². The monoisotopic (exact) mass is 266 g/mol. The van der Waals surface area contributed by atoms with Crippen molar-refractivity contribution in [2.24, 2.45) is 0 Å². The molecule has 1 aromatic rings. The zero-order valence-corrected chi connectivity index (χ0v) is 10.8. The molecule has 0 fully saturated rings. The Balaban J connectivity index is 2.64. The van der Waals surface area contributed by atoms with Gasteiger partial charge in [0, 0.05) is 24.3 Å². The smallest absolute Gasteiger partial charge is 0.312 e. The number of aromatic nitrogens is 1. The molecule has 0 aromatic carbocycles. The van der Waals surface area contributed by atoms with Crippen LogP contribution in [0.25, 0.3) is 0 Å². The molecule has 0 aliphatic carbocycles. The molecule has 98 valence electrons. The Hall–Kier alpha value is -0.620. The molecule has 1 heterocycles. The fraction of sp³-hybridized carbons (Fsp3) is 0.727. The molecule has 1 rings (SSSR count). The fourth-order valence-electron chi connectivity index (χ4n) is 1.45. The Kier molecular flexibility index (Phi) is 5.39. The Morgan fingerprint density at radius 1 is 1.29 bits per heavy atom. The van der Waals surface area contributed by atoms with Gasteiger partial charge in [0.1, 0.15) is 0 Å². The van der Waals surface area contributed by atoms with Crippen LogP contribution in [0.1, 0.15) is 35.8 Å². The highest BCUT2D eigenvalue weighted by Gasteiger charge is 2.27. The second-order valence-electron chi connectivity index (χ2n) is 3.73. The van der Waals surface area contributed by atoms with Gasteiger partial charge in [-0.1, -0.05) is 13.8 Å². The SMILES string of the molecule is CCNCc1sc(CCC(F)(F)F)nc1CC. The van der Waals surface area contributed by atoms with Gasteiger partial charge in [0.25, 0.3) is 0 Å². The largest absolute Gasteiger partial charge is 0.389 e. The van der Waals surface area contributed by atoms with Crippen LogP contribution in [0.3, 0.4) is 0 Å². The van der Waals surface area contributed by atoms with Gasteiger partial charge < -0.3 is 5.32 Å². The van der Waals surface area contributed by atoms with Gasteiger partial charge in [-0.25, -0.2) is 4.98 Å². The minimum Gasteiger partial charge on any atom is -0.312 e. The molecule has 0 bridgehead atoms. The molecule has 0 saturated heterocycles. The van der Waals surface area contributed by atoms with Crippen molar-refractivity contribution in [3.8, 4) is 0 Å². The lowest BCUT2D eigenvalue weighted by Crippen LogP contribution is -2.11. The first kappa shape index (κ1) is 14.4. The van der Waals surface area contributed by atoms with Crippen LogP contribution in [0.2, 0.25) is 0 Å². The maximum Gasteiger partial charge on any atom is 0.389 e. The van der Waals surface area contributed by atoms with Gasteiger partial charge in [-0.05, 0) is 13.0 Å². The fourth-order valence-corrected chi connectivity index (χ4v) is 2.57. The molecule has 0 aliphatic rings. The number of aryl methyl sites for hydroxylation is 2. The van der Waals surface area contributed by atoms with E-state index in [0.717, 1.165) is 23.5 Å². The van der Waals surface area contributed by atoms with Crippen molar-refractivity contribution in [3.05, 3.63) is 15.6 Å². The first-order valence-corrected chi connectivity index (χ1v) is 6.52. The summed E-state index contributed by atoms with van der Waals surface area (Å²) in [6.07, 6.45) is -4.12. The second-order valence-corrected chi connectivity index (χ2v) is 4.89. The summed E-state index contributed by atoms with van der Waals surface area (Å²) in [5.41, 5.74) is 0.924. The molecule has 0 amide bonds. The molecule has 17 heavy (non-hydrogen) atoms. The van der Waals surface area contributed by atoms with E-state index < -0.39 is 12.6 Å². The van der Waals surface area contributed by atoms with Crippen LogP contribution < -0.4 is 5.32 Å². The van der Waals surface area contributed by atoms with E-state index >= 15 is 0 Å². The number of halogens is 3. The highest BCUT2D eigenvalue weighted by molar-refractivity contribution is 7.11. The summed E-state index contributed by atoms with van der Waals surface area (Å²) >= 11 is 1.39. The average molecular weight is 266 g/mol. The van der Waals surface area contributed by atoms with Crippen molar-refractivity contribution in [3.63, 3.8) is 0 Å². The first-order chi connectivity index (χ1) is 7.96. The van der Waals surface area contributed by atoms with Crippen molar-refractivity contribution in [2.45, 2.75) is 45.8 Å². The zero-order valence-electron chi connectivity index (χ0n) is 10.0. The zero-order chi connectivity index (χ0) is 12.9. The van der Waals surface area contributed by atoms with Crippen LogP contribution in [0.5, 0.6) is 0 Å².